The Morgan fingerprint density at radius 1 is 1.25 bits per heavy atom. The fraction of sp³-hybridized carbons (Fsp3) is 0.333. The van der Waals surface area contributed by atoms with Crippen LogP contribution in [-0.2, 0) is 11.3 Å². The first-order chi connectivity index (χ1) is 11.7. The molecule has 1 N–H and O–H groups in total. The van der Waals surface area contributed by atoms with Crippen molar-refractivity contribution < 1.29 is 9.84 Å². The summed E-state index contributed by atoms with van der Waals surface area (Å²) in [5, 5.41) is 14.7. The van der Waals surface area contributed by atoms with E-state index in [4.69, 9.17) is 4.74 Å². The molecule has 0 unspecified atom stereocenters. The van der Waals surface area contributed by atoms with Crippen LogP contribution in [0.15, 0.2) is 48.7 Å². The third kappa shape index (κ3) is 3.55. The second-order valence-electron chi connectivity index (χ2n) is 5.78. The maximum Gasteiger partial charge on any atom is 0.157 e. The third-order valence-electron chi connectivity index (χ3n) is 4.00. The van der Waals surface area contributed by atoms with Crippen LogP contribution in [0.3, 0.4) is 0 Å². The van der Waals surface area contributed by atoms with Gasteiger partial charge in [-0.15, -0.1) is 0 Å². The van der Waals surface area contributed by atoms with Crippen LogP contribution in [0.1, 0.15) is 23.8 Å². The molecule has 3 aromatic rings. The van der Waals surface area contributed by atoms with E-state index in [2.05, 4.69) is 15.0 Å². The van der Waals surface area contributed by atoms with Crippen molar-refractivity contribution >= 4 is 11.5 Å². The number of fused-ring (bicyclic) bond motifs is 1. The number of aliphatic hydroxyl groups excluding tert-OH is 1. The molecular weight excluding hydrogens is 304 g/mol. The van der Waals surface area contributed by atoms with Gasteiger partial charge in [-0.1, -0.05) is 30.3 Å². The predicted octanol–water partition coefficient (Wildman–Crippen LogP) is 2.44. The Morgan fingerprint density at radius 2 is 2.04 bits per heavy atom. The molecule has 0 amide bonds. The molecule has 2 heterocycles. The van der Waals surface area contributed by atoms with Gasteiger partial charge in [-0.2, -0.15) is 9.61 Å². The Bertz CT molecular complexity index is 788. The van der Waals surface area contributed by atoms with Crippen molar-refractivity contribution in [2.45, 2.75) is 19.1 Å². The lowest BCUT2D eigenvalue weighted by atomic mass is 10.1. The van der Waals surface area contributed by atoms with Gasteiger partial charge in [-0.25, -0.2) is 4.98 Å². The average Bonchev–Trinajstić information content (AvgIpc) is 3.08. The maximum atomic E-state index is 10.3. The average molecular weight is 326 g/mol. The number of anilines is 1. The topological polar surface area (TPSA) is 62.9 Å². The van der Waals surface area contributed by atoms with Crippen LogP contribution in [0.4, 0.5) is 5.82 Å². The minimum absolute atomic E-state index is 0.454. The molecule has 0 fully saturated rings. The highest BCUT2D eigenvalue weighted by Gasteiger charge is 2.13. The number of ether oxygens (including phenoxy) is 1. The molecule has 2 aromatic heterocycles. The second kappa shape index (κ2) is 7.42. The molecule has 24 heavy (non-hydrogen) atoms. The number of nitrogens with zero attached hydrogens (tertiary/aromatic N) is 4. The number of aliphatic hydroxyl groups is 1. The normalized spacial score (nSPS) is 12.5. The number of hydrogen-bond donors (Lipinski definition) is 1. The molecule has 6 heteroatoms. The Kier molecular flexibility index (Phi) is 5.08. The van der Waals surface area contributed by atoms with Crippen molar-refractivity contribution in [3.63, 3.8) is 0 Å². The summed E-state index contributed by atoms with van der Waals surface area (Å²) in [4.78, 5) is 6.59. The zero-order chi connectivity index (χ0) is 16.9. The molecule has 126 valence electrons. The van der Waals surface area contributed by atoms with Gasteiger partial charge in [0, 0.05) is 32.8 Å². The number of rotatable bonds is 7. The van der Waals surface area contributed by atoms with Crippen molar-refractivity contribution in [3.8, 4) is 0 Å². The summed E-state index contributed by atoms with van der Waals surface area (Å²) in [5.74, 6) is 0.928. The fourth-order valence-corrected chi connectivity index (χ4v) is 2.71. The SMILES string of the molecule is COCc1cc(N(C)CC[C@@H](O)c2ccccc2)n2nccc2n1. The first-order valence-electron chi connectivity index (χ1n) is 7.96. The van der Waals surface area contributed by atoms with E-state index in [1.165, 1.54) is 0 Å². The summed E-state index contributed by atoms with van der Waals surface area (Å²) < 4.78 is 6.99. The van der Waals surface area contributed by atoms with Crippen LogP contribution in [0.5, 0.6) is 0 Å². The Hall–Kier alpha value is -2.44. The Balaban J connectivity index is 1.75. The van der Waals surface area contributed by atoms with Gasteiger partial charge in [0.15, 0.2) is 5.65 Å². The smallest absolute Gasteiger partial charge is 0.157 e. The summed E-state index contributed by atoms with van der Waals surface area (Å²) in [6.45, 7) is 1.15. The predicted molar refractivity (Wildman–Crippen MR) is 93.0 cm³/mol. The fourth-order valence-electron chi connectivity index (χ4n) is 2.71. The van der Waals surface area contributed by atoms with Gasteiger partial charge in [-0.05, 0) is 12.0 Å². The molecule has 1 aromatic carbocycles. The van der Waals surface area contributed by atoms with Crippen LogP contribution in [0.25, 0.3) is 5.65 Å². The lowest BCUT2D eigenvalue weighted by molar-refractivity contribution is 0.169. The molecule has 1 atom stereocenters. The van der Waals surface area contributed by atoms with E-state index in [9.17, 15) is 5.11 Å². The second-order valence-corrected chi connectivity index (χ2v) is 5.78. The standard InChI is InChI=1S/C18H22N4O2/c1-21(11-9-16(23)14-6-4-3-5-7-14)18-12-15(13-24-2)20-17-8-10-19-22(17)18/h3-8,10,12,16,23H,9,11,13H2,1-2H3/t16-/m1/s1. The van der Waals surface area contributed by atoms with Gasteiger partial charge < -0.3 is 14.7 Å². The largest absolute Gasteiger partial charge is 0.388 e. The van der Waals surface area contributed by atoms with Crippen molar-refractivity contribution in [1.29, 1.82) is 0 Å². The summed E-state index contributed by atoms with van der Waals surface area (Å²) in [5.41, 5.74) is 2.58. The number of benzene rings is 1. The zero-order valence-electron chi connectivity index (χ0n) is 14.0. The Morgan fingerprint density at radius 3 is 2.79 bits per heavy atom. The van der Waals surface area contributed by atoms with Crippen molar-refractivity contribution in [1.82, 2.24) is 14.6 Å². The van der Waals surface area contributed by atoms with Gasteiger partial charge in [-0.3, -0.25) is 0 Å². The van der Waals surface area contributed by atoms with Crippen LogP contribution < -0.4 is 4.90 Å². The first kappa shape index (κ1) is 16.4. The molecule has 0 bridgehead atoms. The van der Waals surface area contributed by atoms with Crippen LogP contribution in [0, 0.1) is 0 Å². The molecule has 0 saturated heterocycles. The highest BCUT2D eigenvalue weighted by atomic mass is 16.5. The molecule has 0 radical (unpaired) electrons. The molecule has 0 aliphatic heterocycles. The quantitative estimate of drug-likeness (QED) is 0.722. The highest BCUT2D eigenvalue weighted by Crippen LogP contribution is 2.20. The zero-order valence-corrected chi connectivity index (χ0v) is 14.0. The lowest BCUT2D eigenvalue weighted by Gasteiger charge is -2.22. The van der Waals surface area contributed by atoms with E-state index >= 15 is 0 Å². The molecular formula is C18H22N4O2. The van der Waals surface area contributed by atoms with Crippen molar-refractivity contribution in [2.75, 3.05) is 25.6 Å². The molecule has 0 spiro atoms. The molecule has 3 rings (SSSR count). The van der Waals surface area contributed by atoms with Gasteiger partial charge >= 0.3 is 0 Å². The van der Waals surface area contributed by atoms with Crippen LogP contribution in [0.2, 0.25) is 0 Å². The molecule has 6 nitrogen and oxygen atoms in total. The van der Waals surface area contributed by atoms with E-state index in [0.717, 1.165) is 22.7 Å². The monoisotopic (exact) mass is 326 g/mol. The Labute approximate surface area is 141 Å². The summed E-state index contributed by atoms with van der Waals surface area (Å²) >= 11 is 0. The van der Waals surface area contributed by atoms with E-state index < -0.39 is 6.10 Å². The van der Waals surface area contributed by atoms with Crippen LogP contribution in [-0.4, -0.2) is 40.4 Å². The van der Waals surface area contributed by atoms with E-state index in [1.54, 1.807) is 17.8 Å². The third-order valence-corrected chi connectivity index (χ3v) is 4.00. The van der Waals surface area contributed by atoms with E-state index in [0.29, 0.717) is 19.6 Å². The lowest BCUT2D eigenvalue weighted by Crippen LogP contribution is -2.23. The van der Waals surface area contributed by atoms with Crippen LogP contribution >= 0.6 is 0 Å². The maximum absolute atomic E-state index is 10.3. The van der Waals surface area contributed by atoms with Gasteiger partial charge in [0.25, 0.3) is 0 Å². The van der Waals surface area contributed by atoms with Crippen molar-refractivity contribution in [2.24, 2.45) is 0 Å². The van der Waals surface area contributed by atoms with Gasteiger partial charge in [0.05, 0.1) is 24.6 Å². The van der Waals surface area contributed by atoms with Gasteiger partial charge in [0.1, 0.15) is 5.82 Å². The number of aromatic nitrogens is 3. The minimum atomic E-state index is -0.484. The van der Waals surface area contributed by atoms with E-state index in [1.807, 2.05) is 49.5 Å². The first-order valence-corrected chi connectivity index (χ1v) is 7.96. The summed E-state index contributed by atoms with van der Waals surface area (Å²) in [7, 11) is 3.65. The summed E-state index contributed by atoms with van der Waals surface area (Å²) in [6, 6.07) is 13.6. The number of methoxy groups -OCH3 is 1. The van der Waals surface area contributed by atoms with Gasteiger partial charge in [0.2, 0.25) is 0 Å². The van der Waals surface area contributed by atoms with E-state index in [-0.39, 0.29) is 0 Å². The summed E-state index contributed by atoms with van der Waals surface area (Å²) in [6.07, 6.45) is 1.88. The highest BCUT2D eigenvalue weighted by molar-refractivity contribution is 5.50. The number of hydrogen-bond acceptors (Lipinski definition) is 5. The molecule has 0 saturated carbocycles. The van der Waals surface area contributed by atoms with Crippen molar-refractivity contribution in [3.05, 3.63) is 59.9 Å². The minimum Gasteiger partial charge on any atom is -0.388 e. The molecule has 0 aliphatic carbocycles. The molecule has 0 aliphatic rings.